The van der Waals surface area contributed by atoms with Gasteiger partial charge in [-0.3, -0.25) is 0 Å². The zero-order chi connectivity index (χ0) is 13.9. The van der Waals surface area contributed by atoms with Crippen LogP contribution in [0.2, 0.25) is 0 Å². The Bertz CT molecular complexity index is 517. The molecule has 6 nitrogen and oxygen atoms in total. The normalized spacial score (nSPS) is 13.8. The number of aromatic carboxylic acids is 1. The molecule has 2 N–H and O–H groups in total. The first-order valence-corrected chi connectivity index (χ1v) is 7.06. The Labute approximate surface area is 106 Å². The summed E-state index contributed by atoms with van der Waals surface area (Å²) >= 11 is 0. The zero-order valence-electron chi connectivity index (χ0n) is 10.5. The van der Waals surface area contributed by atoms with Crippen LogP contribution in [-0.2, 0) is 10.0 Å². The van der Waals surface area contributed by atoms with Gasteiger partial charge in [-0.2, -0.15) is 0 Å². The monoisotopic (exact) mass is 275 g/mol. The predicted molar refractivity (Wildman–Crippen MR) is 64.9 cm³/mol. The number of rotatable bonds is 6. The Morgan fingerprint density at radius 2 is 2.00 bits per heavy atom. The number of carboxylic acid groups (broad SMARTS) is 1. The summed E-state index contributed by atoms with van der Waals surface area (Å²) in [4.78, 5) is 10.6. The van der Waals surface area contributed by atoms with E-state index >= 15 is 0 Å². The molecule has 0 spiro atoms. The lowest BCUT2D eigenvalue weighted by atomic mass is 10.1. The van der Waals surface area contributed by atoms with Crippen LogP contribution < -0.4 is 4.72 Å². The van der Waals surface area contributed by atoms with Crippen LogP contribution in [0, 0.1) is 5.92 Å². The Balaban J connectivity index is 2.82. The van der Waals surface area contributed by atoms with Gasteiger partial charge in [-0.25, -0.2) is 17.9 Å². The maximum atomic E-state index is 11.9. The summed E-state index contributed by atoms with van der Waals surface area (Å²) in [6.45, 7) is 5.72. The van der Waals surface area contributed by atoms with Crippen molar-refractivity contribution in [3.8, 4) is 0 Å². The van der Waals surface area contributed by atoms with Crippen molar-refractivity contribution in [2.45, 2.75) is 38.3 Å². The summed E-state index contributed by atoms with van der Waals surface area (Å²) in [6, 6.07) is 2.01. The maximum absolute atomic E-state index is 11.9. The van der Waals surface area contributed by atoms with E-state index in [1.165, 1.54) is 0 Å². The minimum Gasteiger partial charge on any atom is -0.475 e. The topological polar surface area (TPSA) is 96.6 Å². The second kappa shape index (κ2) is 5.53. The van der Waals surface area contributed by atoms with Crippen molar-refractivity contribution in [2.24, 2.45) is 5.92 Å². The van der Waals surface area contributed by atoms with E-state index in [0.29, 0.717) is 12.3 Å². The van der Waals surface area contributed by atoms with Gasteiger partial charge in [0.05, 0.1) is 0 Å². The lowest BCUT2D eigenvalue weighted by Gasteiger charge is -2.14. The molecule has 1 atom stereocenters. The van der Waals surface area contributed by atoms with Crippen LogP contribution >= 0.6 is 0 Å². The Morgan fingerprint density at radius 3 is 2.44 bits per heavy atom. The van der Waals surface area contributed by atoms with Crippen LogP contribution in [-0.4, -0.2) is 25.5 Å². The van der Waals surface area contributed by atoms with E-state index in [9.17, 15) is 13.2 Å². The molecule has 0 aliphatic heterocycles. The lowest BCUT2D eigenvalue weighted by molar-refractivity contribution is 0.0656. The molecule has 7 heteroatoms. The van der Waals surface area contributed by atoms with Crippen molar-refractivity contribution in [3.63, 3.8) is 0 Å². The molecule has 0 aliphatic carbocycles. The van der Waals surface area contributed by atoms with Gasteiger partial charge in [0.2, 0.25) is 10.9 Å². The summed E-state index contributed by atoms with van der Waals surface area (Å²) in [7, 11) is -3.80. The highest BCUT2D eigenvalue weighted by Crippen LogP contribution is 2.15. The first kappa shape index (κ1) is 14.7. The molecular weight excluding hydrogens is 258 g/mol. The van der Waals surface area contributed by atoms with Gasteiger partial charge in [0.1, 0.15) is 0 Å². The van der Waals surface area contributed by atoms with Gasteiger partial charge < -0.3 is 9.52 Å². The second-order valence-corrected chi connectivity index (χ2v) is 6.22. The van der Waals surface area contributed by atoms with E-state index in [-0.39, 0.29) is 11.1 Å². The first-order valence-electron chi connectivity index (χ1n) is 5.58. The van der Waals surface area contributed by atoms with Crippen LogP contribution in [0.5, 0.6) is 0 Å². The number of hydrogen-bond donors (Lipinski definition) is 2. The third-order valence-electron chi connectivity index (χ3n) is 2.24. The number of furan rings is 1. The number of sulfonamides is 1. The average Bonchev–Trinajstić information content (AvgIpc) is 2.63. The molecule has 1 rings (SSSR count). The van der Waals surface area contributed by atoms with E-state index < -0.39 is 21.8 Å². The number of hydrogen-bond acceptors (Lipinski definition) is 4. The van der Waals surface area contributed by atoms with Gasteiger partial charge in [-0.15, -0.1) is 0 Å². The summed E-state index contributed by atoms with van der Waals surface area (Å²) in [5.41, 5.74) is 0. The fourth-order valence-electron chi connectivity index (χ4n) is 1.66. The van der Waals surface area contributed by atoms with E-state index in [0.717, 1.165) is 12.1 Å². The van der Waals surface area contributed by atoms with Crippen molar-refractivity contribution in [2.75, 3.05) is 0 Å². The summed E-state index contributed by atoms with van der Waals surface area (Å²) in [6.07, 6.45) is 0.686. The molecule has 1 aromatic heterocycles. The van der Waals surface area contributed by atoms with Crippen LogP contribution in [0.15, 0.2) is 21.6 Å². The molecule has 0 fully saturated rings. The minimum atomic E-state index is -3.80. The molecule has 0 bridgehead atoms. The van der Waals surface area contributed by atoms with Crippen molar-refractivity contribution in [3.05, 3.63) is 17.9 Å². The molecule has 1 unspecified atom stereocenters. The summed E-state index contributed by atoms with van der Waals surface area (Å²) < 4.78 is 30.9. The highest BCUT2D eigenvalue weighted by Gasteiger charge is 2.23. The Hall–Kier alpha value is -1.34. The largest absolute Gasteiger partial charge is 0.475 e. The number of nitrogens with one attached hydrogen (secondary N) is 1. The average molecular weight is 275 g/mol. The first-order chi connectivity index (χ1) is 8.22. The van der Waals surface area contributed by atoms with Gasteiger partial charge >= 0.3 is 5.97 Å². The molecule has 0 saturated heterocycles. The van der Waals surface area contributed by atoms with Crippen LogP contribution in [0.3, 0.4) is 0 Å². The van der Waals surface area contributed by atoms with E-state index in [1.807, 2.05) is 13.8 Å². The van der Waals surface area contributed by atoms with Crippen molar-refractivity contribution in [1.29, 1.82) is 0 Å². The van der Waals surface area contributed by atoms with Gasteiger partial charge in [0, 0.05) is 6.04 Å². The smallest absolute Gasteiger partial charge is 0.371 e. The summed E-state index contributed by atoms with van der Waals surface area (Å²) in [5, 5.41) is 8.28. The van der Waals surface area contributed by atoms with Gasteiger partial charge in [-0.1, -0.05) is 13.8 Å². The van der Waals surface area contributed by atoms with E-state index in [4.69, 9.17) is 9.52 Å². The molecule has 0 radical (unpaired) electrons. The van der Waals surface area contributed by atoms with Crippen molar-refractivity contribution in [1.82, 2.24) is 4.72 Å². The van der Waals surface area contributed by atoms with Gasteiger partial charge in [0.25, 0.3) is 10.0 Å². The quantitative estimate of drug-likeness (QED) is 0.823. The highest BCUT2D eigenvalue weighted by atomic mass is 32.2. The van der Waals surface area contributed by atoms with E-state index in [2.05, 4.69) is 4.72 Å². The van der Waals surface area contributed by atoms with Gasteiger partial charge in [0.15, 0.2) is 0 Å². The van der Waals surface area contributed by atoms with Crippen LogP contribution in [0.4, 0.5) is 0 Å². The van der Waals surface area contributed by atoms with Crippen LogP contribution in [0.25, 0.3) is 0 Å². The third kappa shape index (κ3) is 3.85. The molecule has 0 saturated carbocycles. The van der Waals surface area contributed by atoms with E-state index in [1.54, 1.807) is 6.92 Å². The van der Waals surface area contributed by atoms with Gasteiger partial charge in [-0.05, 0) is 31.4 Å². The minimum absolute atomic E-state index is 0.242. The predicted octanol–water partition coefficient (Wildman–Crippen LogP) is 1.69. The molecule has 18 heavy (non-hydrogen) atoms. The fraction of sp³-hybridized carbons (Fsp3) is 0.545. The Kier molecular flexibility index (Phi) is 4.53. The molecular formula is C11H17NO5S. The molecule has 102 valence electrons. The molecule has 0 aromatic carbocycles. The number of carbonyl (C=O) groups is 1. The molecule has 1 aromatic rings. The summed E-state index contributed by atoms with van der Waals surface area (Å²) in [5.74, 6) is -1.34. The maximum Gasteiger partial charge on any atom is 0.371 e. The SMILES string of the molecule is CC(C)CC(C)NS(=O)(=O)c1ccc(C(=O)O)o1. The third-order valence-corrected chi connectivity index (χ3v) is 3.70. The number of carboxylic acids is 1. The lowest BCUT2D eigenvalue weighted by Crippen LogP contribution is -2.33. The second-order valence-electron chi connectivity index (χ2n) is 4.58. The molecule has 1 heterocycles. The van der Waals surface area contributed by atoms with Crippen LogP contribution in [0.1, 0.15) is 37.7 Å². The van der Waals surface area contributed by atoms with Crippen molar-refractivity contribution >= 4 is 16.0 Å². The fourth-order valence-corrected chi connectivity index (χ4v) is 2.85. The molecule has 0 aliphatic rings. The Morgan fingerprint density at radius 1 is 1.39 bits per heavy atom. The molecule has 0 amide bonds. The zero-order valence-corrected chi connectivity index (χ0v) is 11.3. The van der Waals surface area contributed by atoms with Crippen molar-refractivity contribution < 1.29 is 22.7 Å². The highest BCUT2D eigenvalue weighted by molar-refractivity contribution is 7.89. The standard InChI is InChI=1S/C11H17NO5S/c1-7(2)6-8(3)12-18(15,16)10-5-4-9(17-10)11(13)14/h4-5,7-8,12H,6H2,1-3H3,(H,13,14).